The predicted molar refractivity (Wildman–Crippen MR) is 104 cm³/mol. The van der Waals surface area contributed by atoms with Crippen LogP contribution < -0.4 is 10.6 Å². The van der Waals surface area contributed by atoms with Crippen LogP contribution in [0.1, 0.15) is 45.4 Å². The van der Waals surface area contributed by atoms with Gasteiger partial charge in [0.25, 0.3) is 0 Å². The first kappa shape index (κ1) is 19.2. The van der Waals surface area contributed by atoms with Gasteiger partial charge in [-0.15, -0.1) is 24.0 Å². The van der Waals surface area contributed by atoms with Gasteiger partial charge in [0.05, 0.1) is 12.7 Å². The molecule has 23 heavy (non-hydrogen) atoms. The minimum atomic E-state index is 0. The van der Waals surface area contributed by atoms with Crippen LogP contribution in [0.4, 0.5) is 0 Å². The highest BCUT2D eigenvalue weighted by atomic mass is 127. The Balaban J connectivity index is 0.00000192. The summed E-state index contributed by atoms with van der Waals surface area (Å²) in [4.78, 5) is 4.35. The van der Waals surface area contributed by atoms with Gasteiger partial charge in [0, 0.05) is 38.3 Å². The molecule has 0 heterocycles. The van der Waals surface area contributed by atoms with Crippen LogP contribution in [0.25, 0.3) is 0 Å². The Morgan fingerprint density at radius 3 is 2.65 bits per heavy atom. The van der Waals surface area contributed by atoms with Crippen LogP contribution in [-0.4, -0.2) is 51.5 Å². The zero-order chi connectivity index (χ0) is 15.4. The van der Waals surface area contributed by atoms with Crippen molar-refractivity contribution in [1.82, 2.24) is 10.6 Å². The van der Waals surface area contributed by atoms with Crippen molar-refractivity contribution in [3.05, 3.63) is 0 Å². The van der Waals surface area contributed by atoms with Gasteiger partial charge in [-0.25, -0.2) is 0 Å². The summed E-state index contributed by atoms with van der Waals surface area (Å²) >= 11 is 0. The predicted octanol–water partition coefficient (Wildman–Crippen LogP) is 2.54. The van der Waals surface area contributed by atoms with Crippen LogP contribution >= 0.6 is 24.0 Å². The second-order valence-corrected chi connectivity index (χ2v) is 6.98. The molecule has 6 heteroatoms. The summed E-state index contributed by atoms with van der Waals surface area (Å²) < 4.78 is 11.6. The summed E-state index contributed by atoms with van der Waals surface area (Å²) in [7, 11) is 1.84. The van der Waals surface area contributed by atoms with Gasteiger partial charge < -0.3 is 20.1 Å². The molecule has 0 amide bonds. The lowest BCUT2D eigenvalue weighted by atomic mass is 9.51. The third kappa shape index (κ3) is 4.51. The van der Waals surface area contributed by atoms with E-state index in [2.05, 4.69) is 22.5 Å². The average molecular weight is 437 g/mol. The van der Waals surface area contributed by atoms with Crippen molar-refractivity contribution in [2.75, 3.05) is 33.4 Å². The van der Waals surface area contributed by atoms with E-state index in [9.17, 15) is 0 Å². The fourth-order valence-corrected chi connectivity index (χ4v) is 3.78. The molecule has 134 valence electrons. The van der Waals surface area contributed by atoms with E-state index in [-0.39, 0.29) is 24.0 Å². The molecule has 3 rings (SSSR count). The summed E-state index contributed by atoms with van der Waals surface area (Å²) in [6.45, 7) is 5.42. The topological polar surface area (TPSA) is 54.9 Å². The second kappa shape index (κ2) is 8.85. The van der Waals surface area contributed by atoms with E-state index in [4.69, 9.17) is 9.47 Å². The lowest BCUT2D eigenvalue weighted by Gasteiger charge is -2.61. The Labute approximate surface area is 157 Å². The molecule has 0 saturated heterocycles. The molecule has 2 unspecified atom stereocenters. The first-order valence-corrected chi connectivity index (χ1v) is 8.95. The molecule has 3 saturated carbocycles. The fraction of sp³-hybridized carbons (Fsp3) is 0.941. The number of ether oxygens (including phenoxy) is 2. The highest BCUT2D eigenvalue weighted by molar-refractivity contribution is 14.0. The van der Waals surface area contributed by atoms with Gasteiger partial charge in [-0.1, -0.05) is 6.42 Å². The molecule has 2 N–H and O–H groups in total. The van der Waals surface area contributed by atoms with E-state index in [0.29, 0.717) is 17.6 Å². The molecule has 0 aliphatic heterocycles. The van der Waals surface area contributed by atoms with Crippen LogP contribution in [-0.2, 0) is 9.47 Å². The maximum absolute atomic E-state index is 5.90. The van der Waals surface area contributed by atoms with Gasteiger partial charge in [-0.2, -0.15) is 0 Å². The third-order valence-electron chi connectivity index (χ3n) is 5.56. The van der Waals surface area contributed by atoms with E-state index in [1.165, 1.54) is 32.1 Å². The Morgan fingerprint density at radius 2 is 2.09 bits per heavy atom. The summed E-state index contributed by atoms with van der Waals surface area (Å²) in [6.07, 6.45) is 8.16. The summed E-state index contributed by atoms with van der Waals surface area (Å²) in [5.41, 5.74) is 0.371. The second-order valence-electron chi connectivity index (χ2n) is 6.98. The maximum atomic E-state index is 5.90. The van der Waals surface area contributed by atoms with Crippen LogP contribution in [0.2, 0.25) is 0 Å². The van der Waals surface area contributed by atoms with Gasteiger partial charge in [0.15, 0.2) is 5.96 Å². The molecule has 5 nitrogen and oxygen atoms in total. The van der Waals surface area contributed by atoms with Crippen molar-refractivity contribution in [2.24, 2.45) is 16.3 Å². The molecule has 3 aliphatic carbocycles. The lowest BCUT2D eigenvalue weighted by molar-refractivity contribution is -0.168. The highest BCUT2D eigenvalue weighted by Crippen LogP contribution is 2.57. The molecular weight excluding hydrogens is 405 g/mol. The van der Waals surface area contributed by atoms with E-state index in [1.54, 1.807) is 0 Å². The Bertz CT molecular complexity index is 397. The van der Waals surface area contributed by atoms with Gasteiger partial charge >= 0.3 is 0 Å². The van der Waals surface area contributed by atoms with E-state index < -0.39 is 0 Å². The van der Waals surface area contributed by atoms with Crippen LogP contribution in [0.3, 0.4) is 0 Å². The highest BCUT2D eigenvalue weighted by Gasteiger charge is 2.59. The van der Waals surface area contributed by atoms with Gasteiger partial charge in [0.1, 0.15) is 0 Å². The molecular formula is C17H32IN3O2. The summed E-state index contributed by atoms with van der Waals surface area (Å²) in [6, 6.07) is 0.511. The average Bonchev–Trinajstić information content (AvgIpc) is 3.26. The molecule has 0 aromatic heterocycles. The summed E-state index contributed by atoms with van der Waals surface area (Å²) in [5.74, 6) is 1.74. The van der Waals surface area contributed by atoms with E-state index >= 15 is 0 Å². The van der Waals surface area contributed by atoms with Crippen molar-refractivity contribution < 1.29 is 9.47 Å². The maximum Gasteiger partial charge on any atom is 0.191 e. The Kier molecular flexibility index (Phi) is 7.41. The Hall–Kier alpha value is -0.0800. The number of nitrogens with one attached hydrogen (secondary N) is 2. The molecule has 0 bridgehead atoms. The smallest absolute Gasteiger partial charge is 0.191 e. The molecule has 2 atom stereocenters. The van der Waals surface area contributed by atoms with E-state index in [0.717, 1.165) is 44.7 Å². The van der Waals surface area contributed by atoms with Crippen LogP contribution in [0.15, 0.2) is 4.99 Å². The number of guanidine groups is 1. The molecule has 3 aliphatic rings. The van der Waals surface area contributed by atoms with Crippen molar-refractivity contribution in [3.8, 4) is 0 Å². The first-order chi connectivity index (χ1) is 10.8. The number of hydrogen-bond acceptors (Lipinski definition) is 3. The van der Waals surface area contributed by atoms with Crippen molar-refractivity contribution in [1.29, 1.82) is 0 Å². The van der Waals surface area contributed by atoms with Gasteiger partial charge in [0.2, 0.25) is 0 Å². The number of nitrogens with zero attached hydrogens (tertiary/aromatic N) is 1. The molecule has 0 aromatic carbocycles. The molecule has 1 spiro atoms. The zero-order valence-electron chi connectivity index (χ0n) is 14.5. The third-order valence-corrected chi connectivity index (χ3v) is 5.56. The van der Waals surface area contributed by atoms with Crippen molar-refractivity contribution >= 4 is 29.9 Å². The summed E-state index contributed by atoms with van der Waals surface area (Å²) in [5, 5.41) is 6.97. The number of aliphatic imine (C=N–C) groups is 1. The number of rotatable bonds is 8. The van der Waals surface area contributed by atoms with Crippen LogP contribution in [0.5, 0.6) is 0 Å². The monoisotopic (exact) mass is 437 g/mol. The molecule has 0 radical (unpaired) electrons. The minimum absolute atomic E-state index is 0. The lowest BCUT2D eigenvalue weighted by Crippen LogP contribution is -2.68. The van der Waals surface area contributed by atoms with Gasteiger partial charge in [-0.05, 0) is 44.9 Å². The van der Waals surface area contributed by atoms with Gasteiger partial charge in [-0.3, -0.25) is 4.99 Å². The minimum Gasteiger partial charge on any atom is -0.379 e. The quantitative estimate of drug-likeness (QED) is 0.265. The standard InChI is InChI=1S/C17H31N3O2.HI/c1-3-22-15-11-14(17(15)7-4-8-17)20-16(18-2)19-9-10-21-12-13-5-6-13;/h13-15H,3-12H2,1-2H3,(H2,18,19,20);1H. The first-order valence-electron chi connectivity index (χ1n) is 8.95. The number of hydrogen-bond donors (Lipinski definition) is 2. The Morgan fingerprint density at radius 1 is 1.30 bits per heavy atom. The fourth-order valence-electron chi connectivity index (χ4n) is 3.78. The molecule has 3 fully saturated rings. The SMILES string of the molecule is CCOC1CC(NC(=NC)NCCOCC2CC2)C12CCC2.I. The normalized spacial score (nSPS) is 28.5. The van der Waals surface area contributed by atoms with Crippen molar-refractivity contribution in [2.45, 2.75) is 57.6 Å². The zero-order valence-corrected chi connectivity index (χ0v) is 16.8. The van der Waals surface area contributed by atoms with E-state index in [1.807, 2.05) is 7.05 Å². The van der Waals surface area contributed by atoms with Crippen LogP contribution in [0, 0.1) is 11.3 Å². The molecule has 0 aromatic rings. The number of halogens is 1. The van der Waals surface area contributed by atoms with Crippen molar-refractivity contribution in [3.63, 3.8) is 0 Å². The largest absolute Gasteiger partial charge is 0.379 e.